The largest absolute Gasteiger partial charge is 0.497 e. The van der Waals surface area contributed by atoms with Crippen molar-refractivity contribution in [1.29, 1.82) is 0 Å². The summed E-state index contributed by atoms with van der Waals surface area (Å²) in [5.74, 6) is 2.33. The first-order valence-electron chi connectivity index (χ1n) is 11.4. The Morgan fingerprint density at radius 3 is 2.59 bits per heavy atom. The lowest BCUT2D eigenvalue weighted by molar-refractivity contribution is 0.318. The van der Waals surface area contributed by atoms with Gasteiger partial charge in [-0.15, -0.1) is 0 Å². The highest BCUT2D eigenvalue weighted by molar-refractivity contribution is 5.95. The van der Waals surface area contributed by atoms with Gasteiger partial charge in [0.25, 0.3) is 0 Å². The number of methoxy groups -OCH3 is 1. The molecule has 0 amide bonds. The number of anilines is 1. The van der Waals surface area contributed by atoms with Crippen LogP contribution >= 0.6 is 0 Å². The monoisotopic (exact) mass is 434 g/mol. The third-order valence-electron chi connectivity index (χ3n) is 6.49. The first-order chi connectivity index (χ1) is 15.6. The van der Waals surface area contributed by atoms with E-state index in [0.29, 0.717) is 18.6 Å². The van der Waals surface area contributed by atoms with Crippen molar-refractivity contribution in [2.75, 3.05) is 52.3 Å². The van der Waals surface area contributed by atoms with Gasteiger partial charge in [0.05, 0.1) is 18.3 Å². The summed E-state index contributed by atoms with van der Waals surface area (Å²) in [5, 5.41) is 7.68. The Balaban J connectivity index is 1.69. The molecule has 1 fully saturated rings. The average Bonchev–Trinajstić information content (AvgIpc) is 3.33. The quantitative estimate of drug-likeness (QED) is 0.498. The number of aromatic nitrogens is 1. The van der Waals surface area contributed by atoms with Crippen LogP contribution in [-0.4, -0.2) is 58.5 Å². The normalized spacial score (nSPS) is 17.0. The summed E-state index contributed by atoms with van der Waals surface area (Å²) >= 11 is 0. The number of pyridine rings is 1. The number of nitrogens with one attached hydrogen (secondary N) is 2. The molecule has 0 saturated carbocycles. The topological polar surface area (TPSA) is 58.7 Å². The van der Waals surface area contributed by atoms with Crippen LogP contribution in [0.25, 0.3) is 22.2 Å². The summed E-state index contributed by atoms with van der Waals surface area (Å²) in [4.78, 5) is 7.50. The Bertz CT molecular complexity index is 1040. The van der Waals surface area contributed by atoms with E-state index in [1.165, 1.54) is 17.5 Å². The standard InChI is InChI=1S/C26H34N4O2/c1-18(28-3)20-11-13-30(17-20)26-16-24(29-25-15-22(31-4)9-10-23(25)26)19-5-7-21(8-6-19)32-14-12-27-2/h5-10,15-16,18,20,27-28H,11-14,17H2,1-4H3/t18-,20?/m1/s1. The van der Waals surface area contributed by atoms with E-state index in [1.807, 2.05) is 38.4 Å². The van der Waals surface area contributed by atoms with E-state index in [-0.39, 0.29) is 0 Å². The molecule has 3 aromatic rings. The molecule has 2 heterocycles. The number of rotatable bonds is 9. The number of nitrogens with zero attached hydrogens (tertiary/aromatic N) is 2. The lowest BCUT2D eigenvalue weighted by Crippen LogP contribution is -2.32. The van der Waals surface area contributed by atoms with Crippen LogP contribution in [0.1, 0.15) is 13.3 Å². The Morgan fingerprint density at radius 2 is 1.88 bits per heavy atom. The molecule has 0 radical (unpaired) electrons. The van der Waals surface area contributed by atoms with Gasteiger partial charge in [-0.1, -0.05) is 0 Å². The molecule has 0 aliphatic carbocycles. The predicted molar refractivity (Wildman–Crippen MR) is 132 cm³/mol. The average molecular weight is 435 g/mol. The maximum absolute atomic E-state index is 5.77. The maximum Gasteiger partial charge on any atom is 0.121 e. The third kappa shape index (κ3) is 4.81. The van der Waals surface area contributed by atoms with E-state index in [1.54, 1.807) is 7.11 Å². The van der Waals surface area contributed by atoms with Gasteiger partial charge in [0, 0.05) is 48.4 Å². The van der Waals surface area contributed by atoms with Gasteiger partial charge >= 0.3 is 0 Å². The second kappa shape index (κ2) is 10.2. The number of hydrogen-bond donors (Lipinski definition) is 2. The zero-order valence-corrected chi connectivity index (χ0v) is 19.5. The smallest absolute Gasteiger partial charge is 0.121 e. The lowest BCUT2D eigenvalue weighted by Gasteiger charge is -2.23. The number of ether oxygens (including phenoxy) is 2. The van der Waals surface area contributed by atoms with Gasteiger partial charge in [-0.2, -0.15) is 0 Å². The molecule has 2 N–H and O–H groups in total. The molecule has 6 nitrogen and oxygen atoms in total. The molecule has 4 rings (SSSR count). The summed E-state index contributed by atoms with van der Waals surface area (Å²) in [5.41, 5.74) is 4.24. The fourth-order valence-corrected chi connectivity index (χ4v) is 4.37. The van der Waals surface area contributed by atoms with Crippen molar-refractivity contribution in [3.05, 3.63) is 48.5 Å². The second-order valence-corrected chi connectivity index (χ2v) is 8.46. The van der Waals surface area contributed by atoms with Crippen molar-refractivity contribution in [3.8, 4) is 22.8 Å². The van der Waals surface area contributed by atoms with Gasteiger partial charge in [-0.05, 0) is 75.8 Å². The fourth-order valence-electron chi connectivity index (χ4n) is 4.37. The van der Waals surface area contributed by atoms with Crippen LogP contribution in [0.2, 0.25) is 0 Å². The second-order valence-electron chi connectivity index (χ2n) is 8.46. The van der Waals surface area contributed by atoms with Crippen LogP contribution in [0.4, 0.5) is 5.69 Å². The van der Waals surface area contributed by atoms with Crippen molar-refractivity contribution in [1.82, 2.24) is 15.6 Å². The fraction of sp³-hybridized carbons (Fsp3) is 0.423. The summed E-state index contributed by atoms with van der Waals surface area (Å²) in [6, 6.07) is 17.1. The van der Waals surface area contributed by atoms with Crippen LogP contribution < -0.4 is 25.0 Å². The van der Waals surface area contributed by atoms with Gasteiger partial charge in [0.1, 0.15) is 18.1 Å². The Labute approximate surface area is 190 Å². The van der Waals surface area contributed by atoms with Crippen LogP contribution in [-0.2, 0) is 0 Å². The minimum absolute atomic E-state index is 0.503. The molecule has 1 aromatic heterocycles. The molecule has 1 saturated heterocycles. The molecule has 0 spiro atoms. The van der Waals surface area contributed by atoms with Crippen molar-refractivity contribution in [3.63, 3.8) is 0 Å². The number of likely N-dealkylation sites (N-methyl/N-ethyl adjacent to an activating group) is 1. The molecule has 1 unspecified atom stereocenters. The number of hydrogen-bond acceptors (Lipinski definition) is 6. The first-order valence-corrected chi connectivity index (χ1v) is 11.4. The highest BCUT2D eigenvalue weighted by atomic mass is 16.5. The van der Waals surface area contributed by atoms with E-state index < -0.39 is 0 Å². The highest BCUT2D eigenvalue weighted by Gasteiger charge is 2.28. The van der Waals surface area contributed by atoms with Gasteiger partial charge < -0.3 is 25.0 Å². The SMILES string of the molecule is CNCCOc1ccc(-c2cc(N3CCC([C@@H](C)NC)C3)c3ccc(OC)cc3n2)cc1. The summed E-state index contributed by atoms with van der Waals surface area (Å²) in [6.07, 6.45) is 1.19. The van der Waals surface area contributed by atoms with Gasteiger partial charge in [0.2, 0.25) is 0 Å². The summed E-state index contributed by atoms with van der Waals surface area (Å²) < 4.78 is 11.2. The van der Waals surface area contributed by atoms with Crippen molar-refractivity contribution in [2.45, 2.75) is 19.4 Å². The van der Waals surface area contributed by atoms with Crippen LogP contribution in [0.3, 0.4) is 0 Å². The van der Waals surface area contributed by atoms with E-state index in [4.69, 9.17) is 14.5 Å². The van der Waals surface area contributed by atoms with E-state index >= 15 is 0 Å². The highest BCUT2D eigenvalue weighted by Crippen LogP contribution is 2.36. The van der Waals surface area contributed by atoms with Gasteiger partial charge in [0.15, 0.2) is 0 Å². The van der Waals surface area contributed by atoms with Crippen LogP contribution in [0.5, 0.6) is 11.5 Å². The summed E-state index contributed by atoms with van der Waals surface area (Å²) in [6.45, 7) is 5.84. The molecule has 0 bridgehead atoms. The molecule has 2 atom stereocenters. The van der Waals surface area contributed by atoms with Crippen molar-refractivity contribution in [2.24, 2.45) is 5.92 Å². The summed E-state index contributed by atoms with van der Waals surface area (Å²) in [7, 11) is 5.67. The van der Waals surface area contributed by atoms with E-state index in [2.05, 4.69) is 46.7 Å². The molecular weight excluding hydrogens is 400 g/mol. The molecule has 1 aliphatic rings. The van der Waals surface area contributed by atoms with Crippen molar-refractivity contribution < 1.29 is 9.47 Å². The zero-order chi connectivity index (χ0) is 22.5. The predicted octanol–water partition coefficient (Wildman–Crippen LogP) is 3.94. The number of benzene rings is 2. The Kier molecular flexibility index (Phi) is 7.12. The van der Waals surface area contributed by atoms with Crippen LogP contribution in [0, 0.1) is 5.92 Å². The third-order valence-corrected chi connectivity index (χ3v) is 6.49. The minimum Gasteiger partial charge on any atom is -0.497 e. The van der Waals surface area contributed by atoms with Crippen molar-refractivity contribution >= 4 is 16.6 Å². The molecule has 6 heteroatoms. The molecule has 2 aromatic carbocycles. The molecule has 170 valence electrons. The molecule has 32 heavy (non-hydrogen) atoms. The maximum atomic E-state index is 5.77. The molecular formula is C26H34N4O2. The zero-order valence-electron chi connectivity index (χ0n) is 19.5. The Hall–Kier alpha value is -2.83. The molecule has 1 aliphatic heterocycles. The Morgan fingerprint density at radius 1 is 1.09 bits per heavy atom. The van der Waals surface area contributed by atoms with Gasteiger partial charge in [-0.25, -0.2) is 4.98 Å². The lowest BCUT2D eigenvalue weighted by atomic mass is 10.0. The van der Waals surface area contributed by atoms with Crippen LogP contribution in [0.15, 0.2) is 48.5 Å². The van der Waals surface area contributed by atoms with Gasteiger partial charge in [-0.3, -0.25) is 0 Å². The van der Waals surface area contributed by atoms with E-state index in [9.17, 15) is 0 Å². The first kappa shape index (κ1) is 22.4. The number of fused-ring (bicyclic) bond motifs is 1. The van der Waals surface area contributed by atoms with E-state index in [0.717, 1.165) is 47.9 Å². The minimum atomic E-state index is 0.503.